The van der Waals surface area contributed by atoms with Crippen molar-refractivity contribution in [3.8, 4) is 0 Å². The van der Waals surface area contributed by atoms with Crippen molar-refractivity contribution in [1.29, 1.82) is 0 Å². The number of nitrogens with two attached hydrogens (primary N) is 1. The van der Waals surface area contributed by atoms with Gasteiger partial charge in [0.1, 0.15) is 4.99 Å². The van der Waals surface area contributed by atoms with E-state index in [4.69, 9.17) is 29.6 Å². The third-order valence-electron chi connectivity index (χ3n) is 3.21. The van der Waals surface area contributed by atoms with Crippen molar-refractivity contribution >= 4 is 40.4 Å². The molecular formula is C16H15ClN2OS. The molecule has 2 rings (SSSR count). The second-order valence-corrected chi connectivity index (χ2v) is 5.65. The fourth-order valence-corrected chi connectivity index (χ4v) is 2.57. The molecular weight excluding hydrogens is 304 g/mol. The van der Waals surface area contributed by atoms with E-state index in [1.54, 1.807) is 18.2 Å². The molecule has 21 heavy (non-hydrogen) atoms. The number of halogens is 1. The Morgan fingerprint density at radius 2 is 1.90 bits per heavy atom. The summed E-state index contributed by atoms with van der Waals surface area (Å²) in [6, 6.07) is 10.7. The maximum absolute atomic E-state index is 12.4. The van der Waals surface area contributed by atoms with Gasteiger partial charge >= 0.3 is 0 Å². The molecule has 0 fully saturated rings. The number of hydrogen-bond acceptors (Lipinski definition) is 2. The van der Waals surface area contributed by atoms with Crippen LogP contribution in [0.2, 0.25) is 5.02 Å². The van der Waals surface area contributed by atoms with Crippen LogP contribution in [0.1, 0.15) is 27.0 Å². The van der Waals surface area contributed by atoms with Crippen molar-refractivity contribution in [3.63, 3.8) is 0 Å². The highest BCUT2D eigenvalue weighted by molar-refractivity contribution is 7.80. The zero-order valence-corrected chi connectivity index (χ0v) is 13.3. The standard InChI is InChI=1S/C16H15ClN2OS/c1-9-6-7-11(17)8-12(9)16(20)19-13-5-3-4-10(2)14(13)15(18)21/h3-8H,1-2H3,(H2,18,21)(H,19,20). The van der Waals surface area contributed by atoms with Crippen LogP contribution in [0.15, 0.2) is 36.4 Å². The summed E-state index contributed by atoms with van der Waals surface area (Å²) in [4.78, 5) is 12.7. The summed E-state index contributed by atoms with van der Waals surface area (Å²) in [6.07, 6.45) is 0. The smallest absolute Gasteiger partial charge is 0.256 e. The first-order chi connectivity index (χ1) is 9.90. The lowest BCUT2D eigenvalue weighted by molar-refractivity contribution is 0.102. The quantitative estimate of drug-likeness (QED) is 0.845. The predicted molar refractivity (Wildman–Crippen MR) is 91.2 cm³/mol. The number of hydrogen-bond donors (Lipinski definition) is 2. The molecule has 2 aromatic rings. The van der Waals surface area contributed by atoms with E-state index in [0.29, 0.717) is 21.8 Å². The number of anilines is 1. The molecule has 108 valence electrons. The molecule has 0 aliphatic rings. The number of aryl methyl sites for hydroxylation is 2. The van der Waals surface area contributed by atoms with Gasteiger partial charge in [-0.2, -0.15) is 0 Å². The van der Waals surface area contributed by atoms with Gasteiger partial charge in [-0.1, -0.05) is 42.0 Å². The van der Waals surface area contributed by atoms with Crippen LogP contribution in [-0.4, -0.2) is 10.9 Å². The van der Waals surface area contributed by atoms with Crippen molar-refractivity contribution in [2.24, 2.45) is 5.73 Å². The molecule has 0 saturated carbocycles. The fraction of sp³-hybridized carbons (Fsp3) is 0.125. The van der Waals surface area contributed by atoms with E-state index in [-0.39, 0.29) is 10.9 Å². The average molecular weight is 319 g/mol. The Bertz CT molecular complexity index is 728. The number of amides is 1. The lowest BCUT2D eigenvalue weighted by Crippen LogP contribution is -2.19. The molecule has 0 spiro atoms. The summed E-state index contributed by atoms with van der Waals surface area (Å²) >= 11 is 11.0. The van der Waals surface area contributed by atoms with Crippen LogP contribution in [-0.2, 0) is 0 Å². The topological polar surface area (TPSA) is 55.1 Å². The molecule has 0 bridgehead atoms. The van der Waals surface area contributed by atoms with Gasteiger partial charge in [0.25, 0.3) is 5.91 Å². The zero-order valence-electron chi connectivity index (χ0n) is 11.7. The minimum absolute atomic E-state index is 0.238. The molecule has 0 atom stereocenters. The Balaban J connectivity index is 2.39. The van der Waals surface area contributed by atoms with Gasteiger partial charge in [-0.25, -0.2) is 0 Å². The van der Waals surface area contributed by atoms with E-state index in [0.717, 1.165) is 11.1 Å². The lowest BCUT2D eigenvalue weighted by Gasteiger charge is -2.13. The first kappa shape index (κ1) is 15.5. The first-order valence-electron chi connectivity index (χ1n) is 6.37. The number of carbonyl (C=O) groups excluding carboxylic acids is 1. The monoisotopic (exact) mass is 318 g/mol. The summed E-state index contributed by atoms with van der Waals surface area (Å²) in [5.74, 6) is -0.238. The van der Waals surface area contributed by atoms with Gasteiger partial charge in [0.2, 0.25) is 0 Å². The lowest BCUT2D eigenvalue weighted by atomic mass is 10.0. The van der Waals surface area contributed by atoms with Crippen LogP contribution in [0.25, 0.3) is 0 Å². The molecule has 0 aliphatic carbocycles. The van der Waals surface area contributed by atoms with Crippen LogP contribution in [0.5, 0.6) is 0 Å². The third kappa shape index (κ3) is 3.40. The van der Waals surface area contributed by atoms with Gasteiger partial charge in [0.15, 0.2) is 0 Å². The van der Waals surface area contributed by atoms with E-state index in [1.165, 1.54) is 0 Å². The molecule has 1 amide bonds. The maximum Gasteiger partial charge on any atom is 0.256 e. The molecule has 0 unspecified atom stereocenters. The second kappa shape index (κ2) is 6.24. The molecule has 0 saturated heterocycles. The van der Waals surface area contributed by atoms with Gasteiger partial charge in [-0.05, 0) is 43.2 Å². The van der Waals surface area contributed by atoms with Gasteiger partial charge in [0, 0.05) is 16.1 Å². The minimum atomic E-state index is -0.238. The second-order valence-electron chi connectivity index (χ2n) is 4.78. The summed E-state index contributed by atoms with van der Waals surface area (Å²) in [7, 11) is 0. The van der Waals surface area contributed by atoms with Crippen LogP contribution < -0.4 is 11.1 Å². The Kier molecular flexibility index (Phi) is 4.60. The highest BCUT2D eigenvalue weighted by Crippen LogP contribution is 2.22. The molecule has 2 aromatic carbocycles. The number of benzene rings is 2. The Morgan fingerprint density at radius 3 is 2.57 bits per heavy atom. The minimum Gasteiger partial charge on any atom is -0.389 e. The van der Waals surface area contributed by atoms with E-state index in [2.05, 4.69) is 5.32 Å². The Labute approximate surface area is 134 Å². The van der Waals surface area contributed by atoms with Gasteiger partial charge in [0.05, 0.1) is 5.69 Å². The fourth-order valence-electron chi connectivity index (χ4n) is 2.13. The maximum atomic E-state index is 12.4. The van der Waals surface area contributed by atoms with Gasteiger partial charge in [-0.3, -0.25) is 4.79 Å². The van der Waals surface area contributed by atoms with Crippen molar-refractivity contribution in [3.05, 3.63) is 63.7 Å². The zero-order chi connectivity index (χ0) is 15.6. The predicted octanol–water partition coefficient (Wildman–Crippen LogP) is 3.84. The van der Waals surface area contributed by atoms with Crippen LogP contribution in [0.4, 0.5) is 5.69 Å². The molecule has 3 nitrogen and oxygen atoms in total. The molecule has 0 aromatic heterocycles. The van der Waals surface area contributed by atoms with E-state index in [9.17, 15) is 4.79 Å². The number of thiocarbonyl (C=S) groups is 1. The highest BCUT2D eigenvalue weighted by atomic mass is 35.5. The SMILES string of the molecule is Cc1ccc(Cl)cc1C(=O)Nc1cccc(C)c1C(N)=S. The summed E-state index contributed by atoms with van der Waals surface area (Å²) in [5, 5.41) is 3.37. The molecule has 0 aliphatic heterocycles. The van der Waals surface area contributed by atoms with E-state index in [1.807, 2.05) is 32.0 Å². The normalized spacial score (nSPS) is 10.2. The van der Waals surface area contributed by atoms with Crippen molar-refractivity contribution in [1.82, 2.24) is 0 Å². The Morgan fingerprint density at radius 1 is 1.19 bits per heavy atom. The molecule has 0 radical (unpaired) electrons. The third-order valence-corrected chi connectivity index (χ3v) is 3.65. The summed E-state index contributed by atoms with van der Waals surface area (Å²) in [5.41, 5.74) is 9.32. The van der Waals surface area contributed by atoms with Gasteiger partial charge in [-0.15, -0.1) is 0 Å². The van der Waals surface area contributed by atoms with Crippen LogP contribution in [0, 0.1) is 13.8 Å². The largest absolute Gasteiger partial charge is 0.389 e. The number of nitrogens with one attached hydrogen (secondary N) is 1. The summed E-state index contributed by atoms with van der Waals surface area (Å²) in [6.45, 7) is 3.75. The van der Waals surface area contributed by atoms with Gasteiger partial charge < -0.3 is 11.1 Å². The Hall–Kier alpha value is -1.91. The number of rotatable bonds is 3. The van der Waals surface area contributed by atoms with Crippen LogP contribution >= 0.6 is 23.8 Å². The summed E-state index contributed by atoms with van der Waals surface area (Å²) < 4.78 is 0. The van der Waals surface area contributed by atoms with E-state index >= 15 is 0 Å². The van der Waals surface area contributed by atoms with E-state index < -0.39 is 0 Å². The number of carbonyl (C=O) groups is 1. The van der Waals surface area contributed by atoms with Crippen molar-refractivity contribution in [2.75, 3.05) is 5.32 Å². The van der Waals surface area contributed by atoms with Crippen LogP contribution in [0.3, 0.4) is 0 Å². The highest BCUT2D eigenvalue weighted by Gasteiger charge is 2.14. The first-order valence-corrected chi connectivity index (χ1v) is 7.15. The van der Waals surface area contributed by atoms with Crippen molar-refractivity contribution in [2.45, 2.75) is 13.8 Å². The van der Waals surface area contributed by atoms with Crippen molar-refractivity contribution < 1.29 is 4.79 Å². The molecule has 0 heterocycles. The average Bonchev–Trinajstić information content (AvgIpc) is 2.41. The molecule has 5 heteroatoms. The molecule has 3 N–H and O–H groups in total.